The van der Waals surface area contributed by atoms with E-state index < -0.39 is 0 Å². The molecule has 18 heavy (non-hydrogen) atoms. The molecule has 1 aromatic rings. The van der Waals surface area contributed by atoms with Crippen molar-refractivity contribution in [3.05, 3.63) is 34.3 Å². The van der Waals surface area contributed by atoms with Crippen LogP contribution in [-0.4, -0.2) is 18.5 Å². The van der Waals surface area contributed by atoms with Crippen LogP contribution in [0.1, 0.15) is 37.7 Å². The lowest BCUT2D eigenvalue weighted by Crippen LogP contribution is -2.20. The number of carbonyl (C=O) groups is 1. The molecule has 98 valence electrons. The number of ketones is 1. The minimum absolute atomic E-state index is 0.302. The molecule has 2 rings (SSSR count). The normalized spacial score (nSPS) is 19.7. The lowest BCUT2D eigenvalue weighted by atomic mass is 10.0. The molecule has 1 aliphatic heterocycles. The van der Waals surface area contributed by atoms with Crippen LogP contribution in [0.25, 0.3) is 0 Å². The summed E-state index contributed by atoms with van der Waals surface area (Å²) in [5.74, 6) is 0.302. The summed E-state index contributed by atoms with van der Waals surface area (Å²) >= 11 is 3.48. The van der Waals surface area contributed by atoms with Gasteiger partial charge >= 0.3 is 0 Å². The Labute approximate surface area is 117 Å². The Morgan fingerprint density at radius 2 is 2.17 bits per heavy atom. The third-order valence-corrected chi connectivity index (χ3v) is 4.14. The first-order valence-corrected chi connectivity index (χ1v) is 7.41. The Morgan fingerprint density at radius 1 is 1.33 bits per heavy atom. The van der Waals surface area contributed by atoms with E-state index >= 15 is 0 Å². The smallest absolute Gasteiger partial charge is 0.137 e. The average molecular weight is 311 g/mol. The summed E-state index contributed by atoms with van der Waals surface area (Å²) in [6.07, 6.45) is 5.86. The van der Waals surface area contributed by atoms with Crippen LogP contribution in [0.2, 0.25) is 0 Å². The fourth-order valence-electron chi connectivity index (χ4n) is 2.30. The molecule has 0 N–H and O–H groups in total. The third-order valence-electron chi connectivity index (χ3n) is 3.36. The van der Waals surface area contributed by atoms with Crippen molar-refractivity contribution in [1.29, 1.82) is 0 Å². The van der Waals surface area contributed by atoms with Crippen molar-refractivity contribution in [3.8, 4) is 0 Å². The van der Waals surface area contributed by atoms with Crippen LogP contribution < -0.4 is 0 Å². The Bertz CT molecular complexity index is 397. The maximum atomic E-state index is 11.9. The predicted molar refractivity (Wildman–Crippen MR) is 75.7 cm³/mol. The zero-order valence-electron chi connectivity index (χ0n) is 10.5. The Hall–Kier alpha value is -0.670. The van der Waals surface area contributed by atoms with Gasteiger partial charge < -0.3 is 4.74 Å². The first-order chi connectivity index (χ1) is 8.75. The second kappa shape index (κ2) is 7.05. The second-order valence-corrected chi connectivity index (χ2v) is 5.69. The number of rotatable bonds is 5. The van der Waals surface area contributed by atoms with Gasteiger partial charge in [0.25, 0.3) is 0 Å². The van der Waals surface area contributed by atoms with Gasteiger partial charge in [-0.3, -0.25) is 4.79 Å². The zero-order valence-corrected chi connectivity index (χ0v) is 12.1. The standard InChI is InChI=1S/C15H19BrO2/c16-15-7-2-1-5-12(15)11-13(17)8-9-14-6-3-4-10-18-14/h1-2,5,7,14H,3-4,6,8-11H2. The number of hydrogen-bond acceptors (Lipinski definition) is 2. The topological polar surface area (TPSA) is 26.3 Å². The van der Waals surface area contributed by atoms with Crippen molar-refractivity contribution in [3.63, 3.8) is 0 Å². The number of carbonyl (C=O) groups excluding carboxylic acids is 1. The van der Waals surface area contributed by atoms with Gasteiger partial charge in [0.15, 0.2) is 0 Å². The van der Waals surface area contributed by atoms with Crippen molar-refractivity contribution < 1.29 is 9.53 Å². The van der Waals surface area contributed by atoms with E-state index in [0.717, 1.165) is 29.5 Å². The highest BCUT2D eigenvalue weighted by atomic mass is 79.9. The predicted octanol–water partition coefficient (Wildman–Crippen LogP) is 3.91. The van der Waals surface area contributed by atoms with E-state index in [4.69, 9.17) is 4.74 Å². The molecule has 1 aliphatic rings. The van der Waals surface area contributed by atoms with Crippen molar-refractivity contribution in [1.82, 2.24) is 0 Å². The highest BCUT2D eigenvalue weighted by Gasteiger charge is 2.15. The first-order valence-electron chi connectivity index (χ1n) is 6.62. The maximum Gasteiger partial charge on any atom is 0.137 e. The fraction of sp³-hybridized carbons (Fsp3) is 0.533. The van der Waals surface area contributed by atoms with Gasteiger partial charge in [0, 0.05) is 23.9 Å². The summed E-state index contributed by atoms with van der Waals surface area (Å²) in [4.78, 5) is 11.9. The van der Waals surface area contributed by atoms with Crippen molar-refractivity contribution in [2.45, 2.75) is 44.6 Å². The van der Waals surface area contributed by atoms with E-state index in [1.807, 2.05) is 24.3 Å². The molecule has 0 radical (unpaired) electrons. The molecule has 0 amide bonds. The number of ether oxygens (including phenoxy) is 1. The number of halogens is 1. The number of Topliss-reactive ketones (excluding diaryl/α,β-unsaturated/α-hetero) is 1. The van der Waals surface area contributed by atoms with Crippen LogP contribution >= 0.6 is 15.9 Å². The van der Waals surface area contributed by atoms with Gasteiger partial charge in [-0.25, -0.2) is 0 Å². The number of benzene rings is 1. The molecule has 3 heteroatoms. The van der Waals surface area contributed by atoms with Crippen LogP contribution in [0.3, 0.4) is 0 Å². The summed E-state index contributed by atoms with van der Waals surface area (Å²) in [6.45, 7) is 0.864. The van der Waals surface area contributed by atoms with E-state index in [1.54, 1.807) is 0 Å². The van der Waals surface area contributed by atoms with Crippen molar-refractivity contribution in [2.24, 2.45) is 0 Å². The van der Waals surface area contributed by atoms with Crippen LogP contribution in [0.5, 0.6) is 0 Å². The van der Waals surface area contributed by atoms with Crippen LogP contribution in [-0.2, 0) is 16.0 Å². The Kier molecular flexibility index (Phi) is 5.39. The molecule has 1 atom stereocenters. The summed E-state index contributed by atoms with van der Waals surface area (Å²) in [5.41, 5.74) is 1.08. The molecule has 1 saturated heterocycles. The van der Waals surface area contributed by atoms with Gasteiger partial charge in [-0.15, -0.1) is 0 Å². The number of hydrogen-bond donors (Lipinski definition) is 0. The molecule has 0 aromatic heterocycles. The van der Waals surface area contributed by atoms with E-state index in [-0.39, 0.29) is 0 Å². The molecular formula is C15H19BrO2. The summed E-state index contributed by atoms with van der Waals surface area (Å²) in [5, 5.41) is 0. The quantitative estimate of drug-likeness (QED) is 0.824. The Morgan fingerprint density at radius 3 is 2.89 bits per heavy atom. The zero-order chi connectivity index (χ0) is 12.8. The molecule has 2 nitrogen and oxygen atoms in total. The van der Waals surface area contributed by atoms with Gasteiger partial charge in [-0.05, 0) is 37.3 Å². The molecular weight excluding hydrogens is 292 g/mol. The molecule has 1 heterocycles. The molecule has 1 fully saturated rings. The molecule has 0 bridgehead atoms. The van der Waals surface area contributed by atoms with E-state index in [1.165, 1.54) is 12.8 Å². The maximum absolute atomic E-state index is 11.9. The first kappa shape index (κ1) is 13.8. The van der Waals surface area contributed by atoms with Crippen molar-refractivity contribution >= 4 is 21.7 Å². The van der Waals surface area contributed by atoms with Crippen LogP contribution in [0.15, 0.2) is 28.7 Å². The van der Waals surface area contributed by atoms with Gasteiger partial charge in [-0.2, -0.15) is 0 Å². The lowest BCUT2D eigenvalue weighted by Gasteiger charge is -2.22. The highest BCUT2D eigenvalue weighted by Crippen LogP contribution is 2.20. The van der Waals surface area contributed by atoms with Gasteiger partial charge in [-0.1, -0.05) is 34.1 Å². The van der Waals surface area contributed by atoms with Gasteiger partial charge in [0.1, 0.15) is 5.78 Å². The van der Waals surface area contributed by atoms with Crippen LogP contribution in [0.4, 0.5) is 0 Å². The van der Waals surface area contributed by atoms with E-state index in [0.29, 0.717) is 24.7 Å². The molecule has 0 saturated carbocycles. The summed E-state index contributed by atoms with van der Waals surface area (Å²) in [6, 6.07) is 7.91. The van der Waals surface area contributed by atoms with Gasteiger partial charge in [0.05, 0.1) is 6.10 Å². The van der Waals surface area contributed by atoms with Crippen LogP contribution in [0, 0.1) is 0 Å². The summed E-state index contributed by atoms with van der Waals surface area (Å²) < 4.78 is 6.66. The third kappa shape index (κ3) is 4.21. The Balaban J connectivity index is 1.76. The summed E-state index contributed by atoms with van der Waals surface area (Å²) in [7, 11) is 0. The molecule has 0 spiro atoms. The minimum atomic E-state index is 0.302. The molecule has 0 aliphatic carbocycles. The van der Waals surface area contributed by atoms with Gasteiger partial charge in [0.2, 0.25) is 0 Å². The molecule has 1 unspecified atom stereocenters. The lowest BCUT2D eigenvalue weighted by molar-refractivity contribution is -0.119. The second-order valence-electron chi connectivity index (χ2n) is 4.83. The van der Waals surface area contributed by atoms with Crippen molar-refractivity contribution in [2.75, 3.05) is 6.61 Å². The average Bonchev–Trinajstić information content (AvgIpc) is 2.40. The SMILES string of the molecule is O=C(CCC1CCCCO1)Cc1ccccc1Br. The van der Waals surface area contributed by atoms with E-state index in [9.17, 15) is 4.79 Å². The highest BCUT2D eigenvalue weighted by molar-refractivity contribution is 9.10. The fourth-order valence-corrected chi connectivity index (χ4v) is 2.72. The monoisotopic (exact) mass is 310 g/mol. The largest absolute Gasteiger partial charge is 0.378 e. The van der Waals surface area contributed by atoms with E-state index in [2.05, 4.69) is 15.9 Å². The molecule has 1 aromatic carbocycles. The minimum Gasteiger partial charge on any atom is -0.378 e.